The molecule has 114 valence electrons. The summed E-state index contributed by atoms with van der Waals surface area (Å²) in [6.07, 6.45) is 0.590. The smallest absolute Gasteiger partial charge is 0.335 e. The van der Waals surface area contributed by atoms with Crippen molar-refractivity contribution in [2.45, 2.75) is 25.8 Å². The molecule has 0 heterocycles. The van der Waals surface area contributed by atoms with Crippen molar-refractivity contribution in [1.82, 2.24) is 10.6 Å². The van der Waals surface area contributed by atoms with E-state index in [9.17, 15) is 14.4 Å². The zero-order valence-corrected chi connectivity index (χ0v) is 11.8. The van der Waals surface area contributed by atoms with E-state index in [-0.39, 0.29) is 18.0 Å². The Morgan fingerprint density at radius 3 is 2.67 bits per heavy atom. The average Bonchev–Trinajstić information content (AvgIpc) is 2.37. The topological polar surface area (TPSA) is 122 Å². The first-order valence-corrected chi connectivity index (χ1v) is 6.53. The summed E-state index contributed by atoms with van der Waals surface area (Å²) >= 11 is 0. The Labute approximate surface area is 122 Å². The summed E-state index contributed by atoms with van der Waals surface area (Å²) in [7, 11) is 0. The second kappa shape index (κ2) is 7.88. The lowest BCUT2D eigenvalue weighted by Crippen LogP contribution is -2.42. The van der Waals surface area contributed by atoms with Crippen LogP contribution >= 0.6 is 0 Å². The Balaban J connectivity index is 2.36. The van der Waals surface area contributed by atoms with Crippen molar-refractivity contribution in [2.75, 3.05) is 6.54 Å². The SMILES string of the molecule is CC(CC(N)=O)NC(=O)NCCc1cccc(C(=O)O)c1. The van der Waals surface area contributed by atoms with E-state index in [2.05, 4.69) is 10.6 Å². The van der Waals surface area contributed by atoms with E-state index in [1.165, 1.54) is 6.07 Å². The third-order valence-electron chi connectivity index (χ3n) is 2.76. The summed E-state index contributed by atoms with van der Waals surface area (Å²) in [5, 5.41) is 14.1. The molecule has 0 aliphatic carbocycles. The minimum atomic E-state index is -0.983. The Bertz CT molecular complexity index is 531. The van der Waals surface area contributed by atoms with Gasteiger partial charge in [-0.1, -0.05) is 12.1 Å². The van der Waals surface area contributed by atoms with Crippen LogP contribution in [0, 0.1) is 0 Å². The third kappa shape index (κ3) is 6.42. The molecule has 1 unspecified atom stereocenters. The van der Waals surface area contributed by atoms with Crippen LogP contribution in [-0.4, -0.2) is 35.6 Å². The first-order chi connectivity index (χ1) is 9.88. The van der Waals surface area contributed by atoms with Gasteiger partial charge in [0.2, 0.25) is 5.91 Å². The van der Waals surface area contributed by atoms with Crippen LogP contribution in [0.4, 0.5) is 4.79 Å². The van der Waals surface area contributed by atoms with E-state index in [0.717, 1.165) is 5.56 Å². The van der Waals surface area contributed by atoms with Gasteiger partial charge in [-0.05, 0) is 31.0 Å². The fraction of sp³-hybridized carbons (Fsp3) is 0.357. The molecule has 0 saturated carbocycles. The van der Waals surface area contributed by atoms with Crippen LogP contribution in [0.15, 0.2) is 24.3 Å². The van der Waals surface area contributed by atoms with Crippen LogP contribution in [0.25, 0.3) is 0 Å². The number of carboxylic acid groups (broad SMARTS) is 1. The van der Waals surface area contributed by atoms with Gasteiger partial charge >= 0.3 is 12.0 Å². The van der Waals surface area contributed by atoms with Crippen molar-refractivity contribution in [3.63, 3.8) is 0 Å². The van der Waals surface area contributed by atoms with E-state index in [4.69, 9.17) is 10.8 Å². The normalized spacial score (nSPS) is 11.5. The highest BCUT2D eigenvalue weighted by molar-refractivity contribution is 5.87. The average molecular weight is 293 g/mol. The Hall–Kier alpha value is -2.57. The number of amides is 3. The molecule has 1 rings (SSSR count). The van der Waals surface area contributed by atoms with E-state index in [1.54, 1.807) is 25.1 Å². The van der Waals surface area contributed by atoms with E-state index >= 15 is 0 Å². The molecular formula is C14H19N3O4. The molecule has 0 aliphatic heterocycles. The predicted molar refractivity (Wildman–Crippen MR) is 76.9 cm³/mol. The fourth-order valence-corrected chi connectivity index (χ4v) is 1.81. The Kier molecular flexibility index (Phi) is 6.19. The summed E-state index contributed by atoms with van der Waals surface area (Å²) in [5.74, 6) is -1.46. The molecule has 0 radical (unpaired) electrons. The van der Waals surface area contributed by atoms with Gasteiger partial charge in [0.05, 0.1) is 5.56 Å². The van der Waals surface area contributed by atoms with Gasteiger partial charge in [0.1, 0.15) is 0 Å². The predicted octanol–water partition coefficient (Wildman–Crippen LogP) is 0.490. The van der Waals surface area contributed by atoms with Crippen molar-refractivity contribution < 1.29 is 19.5 Å². The quantitative estimate of drug-likeness (QED) is 0.584. The maximum atomic E-state index is 11.5. The number of primary amides is 1. The van der Waals surface area contributed by atoms with Gasteiger partial charge in [0.25, 0.3) is 0 Å². The van der Waals surface area contributed by atoms with Gasteiger partial charge < -0.3 is 21.5 Å². The number of hydrogen-bond acceptors (Lipinski definition) is 3. The summed E-state index contributed by atoms with van der Waals surface area (Å²) in [5.41, 5.74) is 6.06. The lowest BCUT2D eigenvalue weighted by Gasteiger charge is -2.13. The number of hydrogen-bond donors (Lipinski definition) is 4. The molecule has 21 heavy (non-hydrogen) atoms. The van der Waals surface area contributed by atoms with Crippen LogP contribution in [0.3, 0.4) is 0 Å². The van der Waals surface area contributed by atoms with E-state index < -0.39 is 17.9 Å². The highest BCUT2D eigenvalue weighted by Crippen LogP contribution is 2.05. The van der Waals surface area contributed by atoms with Crippen LogP contribution in [0.2, 0.25) is 0 Å². The molecule has 7 nitrogen and oxygen atoms in total. The fourth-order valence-electron chi connectivity index (χ4n) is 1.81. The zero-order chi connectivity index (χ0) is 15.8. The summed E-state index contributed by atoms with van der Waals surface area (Å²) in [4.78, 5) is 33.0. The number of urea groups is 1. The molecule has 1 atom stereocenters. The molecule has 0 aromatic heterocycles. The third-order valence-corrected chi connectivity index (χ3v) is 2.76. The van der Waals surface area contributed by atoms with Crippen molar-refractivity contribution in [2.24, 2.45) is 5.73 Å². The maximum absolute atomic E-state index is 11.5. The number of carbonyl (C=O) groups excluding carboxylic acids is 2. The van der Waals surface area contributed by atoms with Crippen molar-refractivity contribution in [3.8, 4) is 0 Å². The Morgan fingerprint density at radius 2 is 2.05 bits per heavy atom. The van der Waals surface area contributed by atoms with Crippen LogP contribution < -0.4 is 16.4 Å². The van der Waals surface area contributed by atoms with E-state index in [1.807, 2.05) is 0 Å². The molecule has 7 heteroatoms. The minimum Gasteiger partial charge on any atom is -0.478 e. The minimum absolute atomic E-state index is 0.0775. The molecule has 1 aromatic rings. The van der Waals surface area contributed by atoms with Gasteiger partial charge in [-0.2, -0.15) is 0 Å². The number of nitrogens with one attached hydrogen (secondary N) is 2. The number of nitrogens with two attached hydrogens (primary N) is 1. The van der Waals surface area contributed by atoms with Crippen LogP contribution in [0.1, 0.15) is 29.3 Å². The molecule has 0 aliphatic rings. The molecular weight excluding hydrogens is 274 g/mol. The lowest BCUT2D eigenvalue weighted by molar-refractivity contribution is -0.118. The highest BCUT2D eigenvalue weighted by Gasteiger charge is 2.09. The number of carbonyl (C=O) groups is 3. The standard InChI is InChI=1S/C14H19N3O4/c1-9(7-12(15)18)17-14(21)16-6-5-10-3-2-4-11(8-10)13(19)20/h2-4,8-9H,5-7H2,1H3,(H2,15,18)(H,19,20)(H2,16,17,21). The lowest BCUT2D eigenvalue weighted by atomic mass is 10.1. The summed E-state index contributed by atoms with van der Waals surface area (Å²) in [6.45, 7) is 2.04. The first-order valence-electron chi connectivity index (χ1n) is 6.53. The van der Waals surface area contributed by atoms with Gasteiger partial charge in [-0.3, -0.25) is 4.79 Å². The maximum Gasteiger partial charge on any atom is 0.335 e. The molecule has 1 aromatic carbocycles. The highest BCUT2D eigenvalue weighted by atomic mass is 16.4. The van der Waals surface area contributed by atoms with Gasteiger partial charge in [0, 0.05) is 19.0 Å². The number of aromatic carboxylic acids is 1. The van der Waals surface area contributed by atoms with Gasteiger partial charge in [-0.15, -0.1) is 0 Å². The molecule has 0 saturated heterocycles. The monoisotopic (exact) mass is 293 g/mol. The van der Waals surface area contributed by atoms with Crippen molar-refractivity contribution in [1.29, 1.82) is 0 Å². The number of rotatable bonds is 7. The molecule has 0 spiro atoms. The molecule has 0 bridgehead atoms. The zero-order valence-electron chi connectivity index (χ0n) is 11.8. The number of carboxylic acids is 1. The second-order valence-electron chi connectivity index (χ2n) is 4.73. The van der Waals surface area contributed by atoms with Gasteiger partial charge in [-0.25, -0.2) is 9.59 Å². The second-order valence-corrected chi connectivity index (χ2v) is 4.73. The largest absolute Gasteiger partial charge is 0.478 e. The number of benzene rings is 1. The summed E-state index contributed by atoms with van der Waals surface area (Å²) < 4.78 is 0. The molecule has 3 amide bonds. The van der Waals surface area contributed by atoms with Crippen LogP contribution in [-0.2, 0) is 11.2 Å². The molecule has 0 fully saturated rings. The first kappa shape index (κ1) is 16.5. The van der Waals surface area contributed by atoms with Crippen LogP contribution in [0.5, 0.6) is 0 Å². The van der Waals surface area contributed by atoms with Crippen molar-refractivity contribution in [3.05, 3.63) is 35.4 Å². The Morgan fingerprint density at radius 1 is 1.33 bits per heavy atom. The summed E-state index contributed by atoms with van der Waals surface area (Å²) in [6, 6.07) is 5.81. The van der Waals surface area contributed by atoms with Crippen molar-refractivity contribution >= 4 is 17.9 Å². The molecule has 5 N–H and O–H groups in total. The van der Waals surface area contributed by atoms with E-state index in [0.29, 0.717) is 13.0 Å². The van der Waals surface area contributed by atoms with Gasteiger partial charge in [0.15, 0.2) is 0 Å².